The zero-order chi connectivity index (χ0) is 12.1. The van der Waals surface area contributed by atoms with E-state index in [9.17, 15) is 4.79 Å². The molecule has 1 rings (SSSR count). The standard InChI is InChI=1S/C14H24OS/c1-5-12-7-13(11(4)15)8-14(12)10(3)9-16-6-2/h5,10,12-14H,1,6-9H2,2-4H3/t10-,12+,13-,14-/m0/s1. The molecule has 16 heavy (non-hydrogen) atoms. The second-order valence-corrected chi connectivity index (χ2v) is 6.30. The van der Waals surface area contributed by atoms with Crippen molar-refractivity contribution in [2.24, 2.45) is 23.7 Å². The van der Waals surface area contributed by atoms with Crippen molar-refractivity contribution in [1.82, 2.24) is 0 Å². The molecular weight excluding hydrogens is 216 g/mol. The summed E-state index contributed by atoms with van der Waals surface area (Å²) in [7, 11) is 0. The maximum atomic E-state index is 11.5. The quantitative estimate of drug-likeness (QED) is 0.657. The Bertz CT molecular complexity index is 249. The summed E-state index contributed by atoms with van der Waals surface area (Å²) in [6.07, 6.45) is 4.18. The van der Waals surface area contributed by atoms with Gasteiger partial charge in [0.25, 0.3) is 0 Å². The normalized spacial score (nSPS) is 31.3. The predicted octanol–water partition coefficient (Wildman–Crippen LogP) is 3.79. The molecule has 1 saturated carbocycles. The van der Waals surface area contributed by atoms with Gasteiger partial charge in [0, 0.05) is 5.92 Å². The van der Waals surface area contributed by atoms with Crippen LogP contribution in [0, 0.1) is 23.7 Å². The molecule has 0 aromatic heterocycles. The van der Waals surface area contributed by atoms with Crippen LogP contribution in [-0.4, -0.2) is 17.3 Å². The Morgan fingerprint density at radius 3 is 2.75 bits per heavy atom. The first-order chi connectivity index (χ1) is 7.60. The largest absolute Gasteiger partial charge is 0.300 e. The van der Waals surface area contributed by atoms with Gasteiger partial charge in [-0.2, -0.15) is 11.8 Å². The molecule has 0 amide bonds. The molecule has 0 aromatic carbocycles. The Hall–Kier alpha value is -0.240. The van der Waals surface area contributed by atoms with E-state index >= 15 is 0 Å². The maximum Gasteiger partial charge on any atom is 0.132 e. The van der Waals surface area contributed by atoms with Gasteiger partial charge in [0.2, 0.25) is 0 Å². The lowest BCUT2D eigenvalue weighted by atomic mass is 9.86. The topological polar surface area (TPSA) is 17.1 Å². The van der Waals surface area contributed by atoms with Crippen molar-refractivity contribution in [1.29, 1.82) is 0 Å². The van der Waals surface area contributed by atoms with Gasteiger partial charge in [-0.05, 0) is 49.0 Å². The maximum absolute atomic E-state index is 11.5. The van der Waals surface area contributed by atoms with Crippen LogP contribution in [0.15, 0.2) is 12.7 Å². The molecule has 1 aliphatic rings. The minimum atomic E-state index is 0.294. The third-order valence-electron chi connectivity index (χ3n) is 3.86. The minimum Gasteiger partial charge on any atom is -0.300 e. The number of thioether (sulfide) groups is 1. The molecule has 0 aliphatic heterocycles. The molecule has 0 aromatic rings. The predicted molar refractivity (Wildman–Crippen MR) is 72.7 cm³/mol. The Balaban J connectivity index is 2.57. The van der Waals surface area contributed by atoms with Gasteiger partial charge in [0.1, 0.15) is 5.78 Å². The first-order valence-electron chi connectivity index (χ1n) is 6.30. The van der Waals surface area contributed by atoms with E-state index in [0.717, 1.165) is 12.8 Å². The first-order valence-corrected chi connectivity index (χ1v) is 7.46. The van der Waals surface area contributed by atoms with E-state index in [-0.39, 0.29) is 0 Å². The fourth-order valence-corrected chi connectivity index (χ4v) is 3.64. The first kappa shape index (κ1) is 13.8. The fourth-order valence-electron chi connectivity index (χ4n) is 2.79. The number of ketones is 1. The summed E-state index contributed by atoms with van der Waals surface area (Å²) in [6, 6.07) is 0. The van der Waals surface area contributed by atoms with E-state index in [2.05, 4.69) is 26.5 Å². The molecule has 0 bridgehead atoms. The molecule has 0 spiro atoms. The number of rotatable bonds is 6. The van der Waals surface area contributed by atoms with Crippen LogP contribution < -0.4 is 0 Å². The second-order valence-electron chi connectivity index (χ2n) is 4.98. The average Bonchev–Trinajstić information content (AvgIpc) is 2.69. The summed E-state index contributed by atoms with van der Waals surface area (Å²) in [5, 5.41) is 0. The summed E-state index contributed by atoms with van der Waals surface area (Å²) in [5.74, 6) is 5.00. The summed E-state index contributed by atoms with van der Waals surface area (Å²) in [5.41, 5.74) is 0. The van der Waals surface area contributed by atoms with Gasteiger partial charge < -0.3 is 0 Å². The molecular formula is C14H24OS. The second kappa shape index (κ2) is 6.48. The number of carbonyl (C=O) groups is 1. The lowest BCUT2D eigenvalue weighted by Crippen LogP contribution is -2.17. The highest BCUT2D eigenvalue weighted by atomic mass is 32.2. The van der Waals surface area contributed by atoms with E-state index in [0.29, 0.717) is 29.5 Å². The van der Waals surface area contributed by atoms with Crippen LogP contribution in [0.25, 0.3) is 0 Å². The van der Waals surface area contributed by atoms with Gasteiger partial charge in [-0.25, -0.2) is 0 Å². The van der Waals surface area contributed by atoms with Gasteiger partial charge in [-0.15, -0.1) is 6.58 Å². The number of hydrogen-bond donors (Lipinski definition) is 0. The molecule has 1 fully saturated rings. The Morgan fingerprint density at radius 1 is 1.56 bits per heavy atom. The molecule has 0 heterocycles. The Morgan fingerprint density at radius 2 is 2.25 bits per heavy atom. The van der Waals surface area contributed by atoms with E-state index in [1.54, 1.807) is 6.92 Å². The van der Waals surface area contributed by atoms with Crippen LogP contribution in [0.2, 0.25) is 0 Å². The van der Waals surface area contributed by atoms with Crippen molar-refractivity contribution in [2.75, 3.05) is 11.5 Å². The van der Waals surface area contributed by atoms with Gasteiger partial charge >= 0.3 is 0 Å². The van der Waals surface area contributed by atoms with Crippen molar-refractivity contribution in [3.05, 3.63) is 12.7 Å². The average molecular weight is 240 g/mol. The van der Waals surface area contributed by atoms with E-state index < -0.39 is 0 Å². The number of Topliss-reactive ketones (excluding diaryl/α,β-unsaturated/α-hetero) is 1. The molecule has 0 N–H and O–H groups in total. The highest BCUT2D eigenvalue weighted by molar-refractivity contribution is 7.99. The van der Waals surface area contributed by atoms with Crippen molar-refractivity contribution in [3.8, 4) is 0 Å². The van der Waals surface area contributed by atoms with Crippen LogP contribution in [-0.2, 0) is 4.79 Å². The zero-order valence-electron chi connectivity index (χ0n) is 10.7. The fraction of sp³-hybridized carbons (Fsp3) is 0.786. The van der Waals surface area contributed by atoms with Gasteiger partial charge in [-0.3, -0.25) is 4.79 Å². The highest BCUT2D eigenvalue weighted by Gasteiger charge is 2.37. The van der Waals surface area contributed by atoms with Crippen LogP contribution in [0.1, 0.15) is 33.6 Å². The minimum absolute atomic E-state index is 0.294. The molecule has 0 unspecified atom stereocenters. The van der Waals surface area contributed by atoms with E-state index in [1.165, 1.54) is 11.5 Å². The summed E-state index contributed by atoms with van der Waals surface area (Å²) in [4.78, 5) is 11.5. The molecule has 2 heteroatoms. The zero-order valence-corrected chi connectivity index (χ0v) is 11.6. The highest BCUT2D eigenvalue weighted by Crippen LogP contribution is 2.42. The summed E-state index contributed by atoms with van der Waals surface area (Å²) in [6.45, 7) is 10.2. The molecule has 92 valence electrons. The number of hydrogen-bond acceptors (Lipinski definition) is 2. The van der Waals surface area contributed by atoms with Gasteiger partial charge in [-0.1, -0.05) is 19.9 Å². The molecule has 0 radical (unpaired) electrons. The van der Waals surface area contributed by atoms with Crippen molar-refractivity contribution < 1.29 is 4.79 Å². The number of allylic oxidation sites excluding steroid dienone is 1. The van der Waals surface area contributed by atoms with Crippen molar-refractivity contribution >= 4 is 17.5 Å². The molecule has 1 nitrogen and oxygen atoms in total. The number of carbonyl (C=O) groups excluding carboxylic acids is 1. The third kappa shape index (κ3) is 3.38. The molecule has 4 atom stereocenters. The lowest BCUT2D eigenvalue weighted by Gasteiger charge is -2.23. The van der Waals surface area contributed by atoms with Crippen LogP contribution in [0.5, 0.6) is 0 Å². The van der Waals surface area contributed by atoms with E-state index in [1.807, 2.05) is 11.8 Å². The van der Waals surface area contributed by atoms with Gasteiger partial charge in [0.05, 0.1) is 0 Å². The Labute approximate surface area is 104 Å². The monoisotopic (exact) mass is 240 g/mol. The van der Waals surface area contributed by atoms with Crippen LogP contribution in [0.4, 0.5) is 0 Å². The summed E-state index contributed by atoms with van der Waals surface area (Å²) >= 11 is 2.01. The van der Waals surface area contributed by atoms with E-state index in [4.69, 9.17) is 0 Å². The van der Waals surface area contributed by atoms with Crippen LogP contribution in [0.3, 0.4) is 0 Å². The SMILES string of the molecule is C=C[C@@H]1C[C@H](C(C)=O)C[C@H]1[C@@H](C)CSCC. The smallest absolute Gasteiger partial charge is 0.132 e. The Kier molecular flexibility index (Phi) is 5.60. The van der Waals surface area contributed by atoms with Crippen LogP contribution >= 0.6 is 11.8 Å². The van der Waals surface area contributed by atoms with Crippen molar-refractivity contribution in [3.63, 3.8) is 0 Å². The lowest BCUT2D eigenvalue weighted by molar-refractivity contribution is -0.120. The van der Waals surface area contributed by atoms with Gasteiger partial charge in [0.15, 0.2) is 0 Å². The summed E-state index contributed by atoms with van der Waals surface area (Å²) < 4.78 is 0. The third-order valence-corrected chi connectivity index (χ3v) is 5.03. The van der Waals surface area contributed by atoms with Crippen molar-refractivity contribution in [2.45, 2.75) is 33.6 Å². The molecule has 0 saturated heterocycles. The molecule has 1 aliphatic carbocycles.